The van der Waals surface area contributed by atoms with Crippen LogP contribution >= 0.6 is 0 Å². The van der Waals surface area contributed by atoms with Crippen molar-refractivity contribution in [2.24, 2.45) is 0 Å². The number of rotatable bonds is 5. The van der Waals surface area contributed by atoms with E-state index >= 15 is 0 Å². The highest BCUT2D eigenvalue weighted by Crippen LogP contribution is 2.31. The van der Waals surface area contributed by atoms with E-state index < -0.39 is 11.7 Å². The fourth-order valence-corrected chi connectivity index (χ4v) is 1.96. The van der Waals surface area contributed by atoms with Gasteiger partial charge in [0.15, 0.2) is 0 Å². The Balaban J connectivity index is 2.08. The second-order valence-electron chi connectivity index (χ2n) is 4.51. The van der Waals surface area contributed by atoms with Crippen molar-refractivity contribution >= 4 is 0 Å². The molecule has 0 aliphatic carbocycles. The van der Waals surface area contributed by atoms with Crippen LogP contribution in [-0.4, -0.2) is 13.7 Å². The molecule has 0 atom stereocenters. The normalized spacial score (nSPS) is 11.6. The highest BCUT2D eigenvalue weighted by atomic mass is 19.4. The topological polar surface area (TPSA) is 18.5 Å². The smallest absolute Gasteiger partial charge is 0.240 e. The third-order valence-corrected chi connectivity index (χ3v) is 3.09. The summed E-state index contributed by atoms with van der Waals surface area (Å²) in [5.74, 6) is 0. The Hall–Kier alpha value is -1.85. The number of hydrogen-bond acceptors (Lipinski definition) is 2. The van der Waals surface area contributed by atoms with Gasteiger partial charge in [0, 0.05) is 0 Å². The number of benzene rings is 2. The summed E-state index contributed by atoms with van der Waals surface area (Å²) in [6.07, 6.45) is -3.59. The summed E-state index contributed by atoms with van der Waals surface area (Å²) >= 11 is 0. The van der Waals surface area contributed by atoms with Crippen LogP contribution in [0, 0.1) is 0 Å². The SMILES string of the molecule is COOCCc1ccc(-c2ccc(C(F)(F)F)cc2)cc1. The molecule has 0 saturated carbocycles. The molecule has 0 fully saturated rings. The van der Waals surface area contributed by atoms with Crippen molar-refractivity contribution in [2.45, 2.75) is 12.6 Å². The van der Waals surface area contributed by atoms with Crippen LogP contribution in [0.4, 0.5) is 13.2 Å². The largest absolute Gasteiger partial charge is 0.416 e. The van der Waals surface area contributed by atoms with Gasteiger partial charge in [0.1, 0.15) is 0 Å². The van der Waals surface area contributed by atoms with Crippen LogP contribution in [0.5, 0.6) is 0 Å². The summed E-state index contributed by atoms with van der Waals surface area (Å²) in [6, 6.07) is 12.7. The molecule has 0 aromatic heterocycles. The molecule has 0 radical (unpaired) electrons. The van der Waals surface area contributed by atoms with Gasteiger partial charge < -0.3 is 0 Å². The van der Waals surface area contributed by atoms with E-state index in [0.29, 0.717) is 13.0 Å². The van der Waals surface area contributed by atoms with Gasteiger partial charge >= 0.3 is 6.18 Å². The first-order valence-corrected chi connectivity index (χ1v) is 6.43. The van der Waals surface area contributed by atoms with E-state index in [9.17, 15) is 13.2 Å². The average molecular weight is 296 g/mol. The summed E-state index contributed by atoms with van der Waals surface area (Å²) in [6.45, 7) is 0.454. The van der Waals surface area contributed by atoms with E-state index in [-0.39, 0.29) is 0 Å². The molecule has 2 aromatic carbocycles. The summed E-state index contributed by atoms with van der Waals surface area (Å²) in [4.78, 5) is 9.29. The highest BCUT2D eigenvalue weighted by molar-refractivity contribution is 5.64. The van der Waals surface area contributed by atoms with Crippen LogP contribution in [0.15, 0.2) is 48.5 Å². The van der Waals surface area contributed by atoms with Gasteiger partial charge in [-0.05, 0) is 35.2 Å². The lowest BCUT2D eigenvalue weighted by molar-refractivity contribution is -0.271. The molecule has 0 amide bonds. The standard InChI is InChI=1S/C16H15F3O2/c1-20-21-11-10-12-2-4-13(5-3-12)14-6-8-15(9-7-14)16(17,18)19/h2-9H,10-11H2,1H3. The zero-order chi connectivity index (χ0) is 15.3. The molecule has 2 rings (SSSR count). The number of halogens is 3. The van der Waals surface area contributed by atoms with Crippen LogP contribution in [0.25, 0.3) is 11.1 Å². The van der Waals surface area contributed by atoms with Crippen LogP contribution in [0.2, 0.25) is 0 Å². The summed E-state index contributed by atoms with van der Waals surface area (Å²) in [7, 11) is 1.45. The molecule has 0 aliphatic heterocycles. The molecule has 2 aromatic rings. The van der Waals surface area contributed by atoms with Crippen molar-refractivity contribution in [1.82, 2.24) is 0 Å². The Morgan fingerprint density at radius 2 is 1.38 bits per heavy atom. The lowest BCUT2D eigenvalue weighted by atomic mass is 10.0. The van der Waals surface area contributed by atoms with Gasteiger partial charge in [0.2, 0.25) is 0 Å². The average Bonchev–Trinajstić information content (AvgIpc) is 2.48. The van der Waals surface area contributed by atoms with Gasteiger partial charge in [-0.25, -0.2) is 9.78 Å². The van der Waals surface area contributed by atoms with E-state index in [1.807, 2.05) is 24.3 Å². The molecule has 21 heavy (non-hydrogen) atoms. The van der Waals surface area contributed by atoms with Gasteiger partial charge in [-0.15, -0.1) is 0 Å². The van der Waals surface area contributed by atoms with Gasteiger partial charge in [-0.1, -0.05) is 36.4 Å². The Morgan fingerprint density at radius 3 is 1.86 bits per heavy atom. The number of hydrogen-bond donors (Lipinski definition) is 0. The molecule has 0 bridgehead atoms. The maximum absolute atomic E-state index is 12.5. The fourth-order valence-electron chi connectivity index (χ4n) is 1.96. The van der Waals surface area contributed by atoms with E-state index in [4.69, 9.17) is 4.89 Å². The van der Waals surface area contributed by atoms with E-state index in [0.717, 1.165) is 28.8 Å². The second-order valence-corrected chi connectivity index (χ2v) is 4.51. The van der Waals surface area contributed by atoms with Crippen molar-refractivity contribution in [2.75, 3.05) is 13.7 Å². The molecule has 0 heterocycles. The Kier molecular flexibility index (Phi) is 4.98. The molecule has 112 valence electrons. The van der Waals surface area contributed by atoms with Crippen molar-refractivity contribution in [3.8, 4) is 11.1 Å². The third kappa shape index (κ3) is 4.31. The van der Waals surface area contributed by atoms with Crippen molar-refractivity contribution in [1.29, 1.82) is 0 Å². The maximum atomic E-state index is 12.5. The monoisotopic (exact) mass is 296 g/mol. The maximum Gasteiger partial charge on any atom is 0.416 e. The quantitative estimate of drug-likeness (QED) is 0.460. The zero-order valence-corrected chi connectivity index (χ0v) is 11.5. The Bertz CT molecular complexity index is 560. The first kappa shape index (κ1) is 15.5. The predicted molar refractivity (Wildman–Crippen MR) is 73.5 cm³/mol. The van der Waals surface area contributed by atoms with E-state index in [1.54, 1.807) is 0 Å². The van der Waals surface area contributed by atoms with Gasteiger partial charge in [0.05, 0.1) is 19.3 Å². The van der Waals surface area contributed by atoms with E-state index in [1.165, 1.54) is 19.2 Å². The highest BCUT2D eigenvalue weighted by Gasteiger charge is 2.29. The second kappa shape index (κ2) is 6.74. The Labute approximate surface area is 121 Å². The van der Waals surface area contributed by atoms with Crippen LogP contribution in [0.1, 0.15) is 11.1 Å². The van der Waals surface area contributed by atoms with Gasteiger partial charge in [-0.3, -0.25) is 0 Å². The Morgan fingerprint density at radius 1 is 0.857 bits per heavy atom. The minimum Gasteiger partial charge on any atom is -0.240 e. The van der Waals surface area contributed by atoms with Crippen molar-refractivity contribution < 1.29 is 22.9 Å². The summed E-state index contributed by atoms with van der Waals surface area (Å²) < 4.78 is 37.5. The van der Waals surface area contributed by atoms with Gasteiger partial charge in [0.25, 0.3) is 0 Å². The first-order chi connectivity index (χ1) is 10.0. The molecule has 2 nitrogen and oxygen atoms in total. The van der Waals surface area contributed by atoms with Gasteiger partial charge in [-0.2, -0.15) is 13.2 Å². The molecule has 0 unspecified atom stereocenters. The predicted octanol–water partition coefficient (Wildman–Crippen LogP) is 4.49. The molecule has 0 saturated heterocycles. The lowest BCUT2D eigenvalue weighted by Crippen LogP contribution is -2.03. The van der Waals surface area contributed by atoms with E-state index in [2.05, 4.69) is 4.89 Å². The molecular weight excluding hydrogens is 281 g/mol. The molecule has 0 aliphatic rings. The summed E-state index contributed by atoms with van der Waals surface area (Å²) in [5, 5.41) is 0. The van der Waals surface area contributed by atoms with Crippen molar-refractivity contribution in [3.63, 3.8) is 0 Å². The molecule has 0 spiro atoms. The van der Waals surface area contributed by atoms with Crippen molar-refractivity contribution in [3.05, 3.63) is 59.7 Å². The molecule has 0 N–H and O–H groups in total. The number of alkyl halides is 3. The minimum atomic E-state index is -4.30. The fraction of sp³-hybridized carbons (Fsp3) is 0.250. The van der Waals surface area contributed by atoms with Crippen LogP contribution < -0.4 is 0 Å². The van der Waals surface area contributed by atoms with Crippen LogP contribution in [-0.2, 0) is 22.4 Å². The third-order valence-electron chi connectivity index (χ3n) is 3.09. The molecular formula is C16H15F3O2. The summed E-state index contributed by atoms with van der Waals surface area (Å²) in [5.41, 5.74) is 2.06. The lowest BCUT2D eigenvalue weighted by Gasteiger charge is -2.08. The first-order valence-electron chi connectivity index (χ1n) is 6.43. The minimum absolute atomic E-state index is 0.454. The molecule has 5 heteroatoms. The zero-order valence-electron chi connectivity index (χ0n) is 11.5. The van der Waals surface area contributed by atoms with Crippen LogP contribution in [0.3, 0.4) is 0 Å².